The first-order valence-electron chi connectivity index (χ1n) is 7.26. The fourth-order valence-corrected chi connectivity index (χ4v) is 2.48. The summed E-state index contributed by atoms with van der Waals surface area (Å²) < 4.78 is 0. The van der Waals surface area contributed by atoms with Crippen LogP contribution in [0, 0.1) is 0 Å². The number of aliphatic carboxylic acids is 1. The van der Waals surface area contributed by atoms with Gasteiger partial charge in [0, 0.05) is 6.42 Å². The number of carboxylic acid groups (broad SMARTS) is 1. The van der Waals surface area contributed by atoms with E-state index >= 15 is 0 Å². The number of aryl methyl sites for hydroxylation is 2. The molecule has 0 atom stereocenters. The van der Waals surface area contributed by atoms with Gasteiger partial charge in [0.2, 0.25) is 0 Å². The fourth-order valence-electron chi connectivity index (χ4n) is 2.48. The Hall–Kier alpha value is -2.17. The Morgan fingerprint density at radius 2 is 1.36 bits per heavy atom. The van der Waals surface area contributed by atoms with Gasteiger partial charge in [-0.25, -0.2) is 0 Å². The van der Waals surface area contributed by atoms with Gasteiger partial charge in [0.25, 0.3) is 0 Å². The molecule has 0 saturated carbocycles. The lowest BCUT2D eigenvalue weighted by Crippen LogP contribution is -2.08. The van der Waals surface area contributed by atoms with Gasteiger partial charge in [0.15, 0.2) is 6.29 Å². The number of aliphatic hydroxyl groups is 2. The normalized spacial score (nSPS) is 10.9. The summed E-state index contributed by atoms with van der Waals surface area (Å²) in [6, 6.07) is 15.4. The van der Waals surface area contributed by atoms with Crippen molar-refractivity contribution in [3.63, 3.8) is 0 Å². The van der Waals surface area contributed by atoms with E-state index in [4.69, 9.17) is 15.3 Å². The van der Waals surface area contributed by atoms with Gasteiger partial charge in [-0.3, -0.25) is 4.79 Å². The van der Waals surface area contributed by atoms with E-state index in [2.05, 4.69) is 0 Å². The Balaban J connectivity index is 1.99. The molecule has 2 aromatic carbocycles. The minimum Gasteiger partial charge on any atom is -0.481 e. The monoisotopic (exact) mass is 300 g/mol. The van der Waals surface area contributed by atoms with Gasteiger partial charge < -0.3 is 15.3 Å². The molecule has 0 radical (unpaired) electrons. The molecular formula is C18H20O4. The summed E-state index contributed by atoms with van der Waals surface area (Å²) in [6.07, 6.45) is 0.576. The van der Waals surface area contributed by atoms with Crippen LogP contribution in [0.1, 0.15) is 22.3 Å². The van der Waals surface area contributed by atoms with E-state index in [1.165, 1.54) is 0 Å². The summed E-state index contributed by atoms with van der Waals surface area (Å²) >= 11 is 0. The van der Waals surface area contributed by atoms with Gasteiger partial charge in [0.1, 0.15) is 0 Å². The summed E-state index contributed by atoms with van der Waals surface area (Å²) in [6.45, 7) is 0. The zero-order valence-electron chi connectivity index (χ0n) is 12.3. The molecule has 0 aliphatic carbocycles. The second kappa shape index (κ2) is 7.73. The van der Waals surface area contributed by atoms with Crippen LogP contribution in [0.25, 0.3) is 0 Å². The molecule has 0 fully saturated rings. The molecule has 0 heterocycles. The standard InChI is InChI=1S/C18H20O4/c19-17(20)11-15-5-1-3-13(9-15)7-8-14-4-2-6-16(10-14)12-18(21)22/h1-6,9-10,17,19-20H,7-8,11-12H2,(H,21,22). The van der Waals surface area contributed by atoms with Crippen LogP contribution in [-0.2, 0) is 30.5 Å². The van der Waals surface area contributed by atoms with E-state index < -0.39 is 12.3 Å². The fraction of sp³-hybridized carbons (Fsp3) is 0.278. The SMILES string of the molecule is O=C(O)Cc1cccc(CCc2cccc(CC(O)O)c2)c1. The van der Waals surface area contributed by atoms with E-state index in [9.17, 15) is 4.79 Å². The Kier molecular flexibility index (Phi) is 5.69. The van der Waals surface area contributed by atoms with Crippen LogP contribution >= 0.6 is 0 Å². The largest absolute Gasteiger partial charge is 0.481 e. The highest BCUT2D eigenvalue weighted by Gasteiger charge is 2.04. The van der Waals surface area contributed by atoms with Gasteiger partial charge in [0.05, 0.1) is 6.42 Å². The van der Waals surface area contributed by atoms with Crippen LogP contribution in [0.15, 0.2) is 48.5 Å². The van der Waals surface area contributed by atoms with Gasteiger partial charge in [-0.2, -0.15) is 0 Å². The van der Waals surface area contributed by atoms with Crippen molar-refractivity contribution in [2.24, 2.45) is 0 Å². The summed E-state index contributed by atoms with van der Waals surface area (Å²) in [5.41, 5.74) is 3.93. The summed E-state index contributed by atoms with van der Waals surface area (Å²) in [4.78, 5) is 10.7. The maximum absolute atomic E-state index is 10.7. The molecule has 0 aliphatic rings. The van der Waals surface area contributed by atoms with Gasteiger partial charge in [-0.15, -0.1) is 0 Å². The van der Waals surface area contributed by atoms with E-state index in [0.29, 0.717) is 0 Å². The van der Waals surface area contributed by atoms with E-state index in [0.717, 1.165) is 35.1 Å². The first-order valence-corrected chi connectivity index (χ1v) is 7.26. The van der Waals surface area contributed by atoms with Crippen molar-refractivity contribution in [2.45, 2.75) is 32.0 Å². The van der Waals surface area contributed by atoms with Crippen molar-refractivity contribution < 1.29 is 20.1 Å². The summed E-state index contributed by atoms with van der Waals surface area (Å²) in [5.74, 6) is -0.826. The van der Waals surface area contributed by atoms with Crippen LogP contribution < -0.4 is 0 Å². The molecule has 0 saturated heterocycles. The lowest BCUT2D eigenvalue weighted by molar-refractivity contribution is -0.136. The second-order valence-corrected chi connectivity index (χ2v) is 5.40. The average molecular weight is 300 g/mol. The highest BCUT2D eigenvalue weighted by molar-refractivity contribution is 5.70. The van der Waals surface area contributed by atoms with Crippen molar-refractivity contribution >= 4 is 5.97 Å². The van der Waals surface area contributed by atoms with Crippen LogP contribution in [0.2, 0.25) is 0 Å². The van der Waals surface area contributed by atoms with Crippen molar-refractivity contribution in [1.29, 1.82) is 0 Å². The third kappa shape index (κ3) is 5.31. The van der Waals surface area contributed by atoms with Crippen molar-refractivity contribution in [3.8, 4) is 0 Å². The number of rotatable bonds is 7. The molecule has 22 heavy (non-hydrogen) atoms. The minimum atomic E-state index is -1.33. The molecule has 0 amide bonds. The molecule has 116 valence electrons. The Morgan fingerprint density at radius 1 is 0.864 bits per heavy atom. The highest BCUT2D eigenvalue weighted by atomic mass is 16.5. The number of hydrogen-bond donors (Lipinski definition) is 3. The highest BCUT2D eigenvalue weighted by Crippen LogP contribution is 2.13. The summed E-state index contributed by atoms with van der Waals surface area (Å²) in [5, 5.41) is 26.9. The Morgan fingerprint density at radius 3 is 1.91 bits per heavy atom. The quantitative estimate of drug-likeness (QED) is 0.683. The first kappa shape index (κ1) is 16.2. The smallest absolute Gasteiger partial charge is 0.307 e. The molecule has 0 bridgehead atoms. The van der Waals surface area contributed by atoms with Gasteiger partial charge >= 0.3 is 5.97 Å². The molecule has 0 unspecified atom stereocenters. The van der Waals surface area contributed by atoms with E-state index in [1.54, 1.807) is 0 Å². The van der Waals surface area contributed by atoms with Crippen LogP contribution in [0.5, 0.6) is 0 Å². The average Bonchev–Trinajstić information content (AvgIpc) is 2.44. The molecular weight excluding hydrogens is 280 g/mol. The molecule has 3 N–H and O–H groups in total. The van der Waals surface area contributed by atoms with Crippen molar-refractivity contribution in [3.05, 3.63) is 70.8 Å². The maximum atomic E-state index is 10.7. The predicted molar refractivity (Wildman–Crippen MR) is 83.6 cm³/mol. The molecule has 0 spiro atoms. The Labute approximate surface area is 129 Å². The van der Waals surface area contributed by atoms with Crippen molar-refractivity contribution in [1.82, 2.24) is 0 Å². The van der Waals surface area contributed by atoms with Gasteiger partial charge in [-0.05, 0) is 35.1 Å². The Bertz CT molecular complexity index is 634. The molecule has 2 aromatic rings. The lowest BCUT2D eigenvalue weighted by atomic mass is 10.00. The summed E-state index contributed by atoms with van der Waals surface area (Å²) in [7, 11) is 0. The number of hydrogen-bond acceptors (Lipinski definition) is 3. The second-order valence-electron chi connectivity index (χ2n) is 5.40. The number of carbonyl (C=O) groups is 1. The maximum Gasteiger partial charge on any atom is 0.307 e. The molecule has 4 heteroatoms. The zero-order valence-corrected chi connectivity index (χ0v) is 12.3. The third-order valence-corrected chi connectivity index (χ3v) is 3.46. The van der Waals surface area contributed by atoms with Crippen molar-refractivity contribution in [2.75, 3.05) is 0 Å². The predicted octanol–water partition coefficient (Wildman–Crippen LogP) is 1.95. The van der Waals surface area contributed by atoms with Crippen LogP contribution in [-0.4, -0.2) is 27.6 Å². The van der Waals surface area contributed by atoms with Gasteiger partial charge in [-0.1, -0.05) is 48.5 Å². The zero-order chi connectivity index (χ0) is 15.9. The first-order chi connectivity index (χ1) is 10.5. The van der Waals surface area contributed by atoms with Crippen LogP contribution in [0.3, 0.4) is 0 Å². The third-order valence-electron chi connectivity index (χ3n) is 3.46. The molecule has 0 aromatic heterocycles. The van der Waals surface area contributed by atoms with Crippen LogP contribution in [0.4, 0.5) is 0 Å². The molecule has 2 rings (SSSR count). The molecule has 4 nitrogen and oxygen atoms in total. The minimum absolute atomic E-state index is 0.0394. The number of aliphatic hydroxyl groups excluding tert-OH is 1. The topological polar surface area (TPSA) is 77.8 Å². The van der Waals surface area contributed by atoms with E-state index in [-0.39, 0.29) is 12.8 Å². The molecule has 0 aliphatic heterocycles. The number of benzene rings is 2. The lowest BCUT2D eigenvalue weighted by Gasteiger charge is -2.08. The number of carboxylic acids is 1. The van der Waals surface area contributed by atoms with E-state index in [1.807, 2.05) is 48.5 Å².